The van der Waals surface area contributed by atoms with E-state index in [2.05, 4.69) is 186 Å². The van der Waals surface area contributed by atoms with Crippen LogP contribution < -0.4 is 0 Å². The molecule has 4 aromatic heterocycles. The van der Waals surface area contributed by atoms with Gasteiger partial charge in [-0.3, -0.25) is 16.3 Å². The molecule has 0 bridgehead atoms. The average Bonchev–Trinajstić information content (AvgIpc) is 4.07. The van der Waals surface area contributed by atoms with Crippen molar-refractivity contribution >= 4 is 64.0 Å². The van der Waals surface area contributed by atoms with E-state index in [1.807, 2.05) is 29.5 Å². The van der Waals surface area contributed by atoms with E-state index in [9.17, 15) is 0 Å². The summed E-state index contributed by atoms with van der Waals surface area (Å²) in [5.41, 5.74) is 14.3. The molecular formula is C58H39IrN3S2-2. The van der Waals surface area contributed by atoms with Crippen LogP contribution in [0.3, 0.4) is 0 Å². The van der Waals surface area contributed by atoms with Crippen LogP contribution in [0.5, 0.6) is 0 Å². The molecule has 0 unspecified atom stereocenters. The van der Waals surface area contributed by atoms with Crippen LogP contribution in [0, 0.1) is 25.2 Å². The van der Waals surface area contributed by atoms with Crippen molar-refractivity contribution in [3.05, 3.63) is 223 Å². The van der Waals surface area contributed by atoms with Gasteiger partial charge in [0.15, 0.2) is 0 Å². The Balaban J connectivity index is 0.000000263. The summed E-state index contributed by atoms with van der Waals surface area (Å²) in [4.78, 5) is 9.51. The molecular weight excluding hydrogens is 995 g/mol. The minimum Gasteiger partial charge on any atom is -0.332 e. The van der Waals surface area contributed by atoms with Gasteiger partial charge in [-0.2, -0.15) is 0 Å². The molecule has 6 heteroatoms. The minimum absolute atomic E-state index is 0. The molecule has 8 aromatic carbocycles. The zero-order valence-electron chi connectivity index (χ0n) is 37.5. The van der Waals surface area contributed by atoms with Gasteiger partial charge in [0.2, 0.25) is 0 Å². The number of imidazole rings is 1. The SMILES string of the molecule is Cc1cc(-c2ccccc2)c(-n2c(-c3[c-]sc4ccc(-c5ccc6sc7ccccc7c6c5)cc34)nc3ccccc32)c(-c2ccccc2)c1.[2H]C([2H])([2H])c1ccc(-c2[c-]cccc2)nc1.[Ir]. The van der Waals surface area contributed by atoms with E-state index >= 15 is 0 Å². The van der Waals surface area contributed by atoms with Crippen molar-refractivity contribution in [1.82, 2.24) is 14.5 Å². The molecule has 0 saturated heterocycles. The maximum Gasteiger partial charge on any atom is 0.0774 e. The fraction of sp³-hybridized carbons (Fsp3) is 0.0345. The van der Waals surface area contributed by atoms with Crippen LogP contribution >= 0.6 is 22.7 Å². The molecule has 0 saturated carbocycles. The summed E-state index contributed by atoms with van der Waals surface area (Å²) in [5.74, 6) is 0.895. The van der Waals surface area contributed by atoms with Crippen molar-refractivity contribution in [3.63, 3.8) is 0 Å². The van der Waals surface area contributed by atoms with Crippen LogP contribution in [0.15, 0.2) is 200 Å². The summed E-state index contributed by atoms with van der Waals surface area (Å²) >= 11 is 3.52. The third-order valence-electron chi connectivity index (χ3n) is 11.4. The summed E-state index contributed by atoms with van der Waals surface area (Å²) < 4.78 is 27.9. The number of aryl methyl sites for hydroxylation is 2. The van der Waals surface area contributed by atoms with Gasteiger partial charge in [-0.1, -0.05) is 143 Å². The summed E-state index contributed by atoms with van der Waals surface area (Å²) in [6.45, 7) is 0.0967. The van der Waals surface area contributed by atoms with Gasteiger partial charge >= 0.3 is 0 Å². The Bertz CT molecular complexity index is 3630. The summed E-state index contributed by atoms with van der Waals surface area (Å²) in [7, 11) is 0. The summed E-state index contributed by atoms with van der Waals surface area (Å²) in [5, 5.41) is 7.50. The number of nitrogens with zero attached hydrogens (tertiary/aromatic N) is 3. The Morgan fingerprint density at radius 3 is 1.92 bits per heavy atom. The molecule has 0 atom stereocenters. The molecule has 1 radical (unpaired) electrons. The molecule has 3 nitrogen and oxygen atoms in total. The number of fused-ring (bicyclic) bond motifs is 5. The van der Waals surface area contributed by atoms with E-state index in [0.29, 0.717) is 0 Å². The van der Waals surface area contributed by atoms with Crippen LogP contribution in [0.4, 0.5) is 0 Å². The molecule has 0 spiro atoms. The van der Waals surface area contributed by atoms with Crippen molar-refractivity contribution < 1.29 is 24.2 Å². The van der Waals surface area contributed by atoms with E-state index < -0.39 is 6.85 Å². The molecule has 4 heterocycles. The number of hydrogen-bond acceptors (Lipinski definition) is 4. The van der Waals surface area contributed by atoms with E-state index in [1.54, 1.807) is 29.5 Å². The van der Waals surface area contributed by atoms with Crippen LogP contribution in [0.25, 0.3) is 103 Å². The molecule has 0 aliphatic heterocycles. The van der Waals surface area contributed by atoms with E-state index in [0.717, 1.165) is 44.8 Å². The van der Waals surface area contributed by atoms with Crippen molar-refractivity contribution in [2.45, 2.75) is 13.8 Å². The van der Waals surface area contributed by atoms with Crippen molar-refractivity contribution in [2.24, 2.45) is 0 Å². The standard InChI is InChI=1S/C46H29N2S2.C12H10N.Ir/c1-29-24-35(30-12-4-2-5-13-30)45(36(25-29)31-14-6-3-7-15-31)48-41-18-10-9-17-40(41)47-46(48)39-28-49-42-22-20-32(27-38(39)42)33-21-23-44-37(26-33)34-16-8-11-19-43(34)50-44;1-10-7-8-12(13-9-10)11-5-3-2-4-6-11;/h2-27H,1H3;2-5,7-9H,1H3;/q2*-1;/i;1D3;. The minimum atomic E-state index is -2.09. The van der Waals surface area contributed by atoms with Crippen molar-refractivity contribution in [1.29, 1.82) is 0 Å². The summed E-state index contributed by atoms with van der Waals surface area (Å²) in [6.07, 6.45) is 1.39. The van der Waals surface area contributed by atoms with Gasteiger partial charge < -0.3 is 9.55 Å². The second-order valence-electron chi connectivity index (χ2n) is 15.5. The number of para-hydroxylation sites is 2. The van der Waals surface area contributed by atoms with Gasteiger partial charge in [0.1, 0.15) is 0 Å². The molecule has 12 rings (SSSR count). The van der Waals surface area contributed by atoms with Gasteiger partial charge in [-0.15, -0.1) is 52.6 Å². The number of rotatable bonds is 6. The largest absolute Gasteiger partial charge is 0.332 e. The number of hydrogen-bond donors (Lipinski definition) is 0. The first-order chi connectivity index (χ1) is 32.3. The zero-order chi connectivity index (χ0) is 44.8. The van der Waals surface area contributed by atoms with Gasteiger partial charge in [-0.05, 0) is 95.3 Å². The summed E-state index contributed by atoms with van der Waals surface area (Å²) in [6, 6.07) is 70.8. The van der Waals surface area contributed by atoms with Gasteiger partial charge in [0.25, 0.3) is 0 Å². The van der Waals surface area contributed by atoms with Crippen LogP contribution in [-0.4, -0.2) is 14.5 Å². The van der Waals surface area contributed by atoms with Crippen LogP contribution in [0.1, 0.15) is 15.2 Å². The van der Waals surface area contributed by atoms with E-state index in [4.69, 9.17) is 9.10 Å². The predicted octanol–water partition coefficient (Wildman–Crippen LogP) is 16.2. The molecule has 0 fully saturated rings. The number of thiophene rings is 2. The smallest absolute Gasteiger partial charge is 0.0774 e. The second kappa shape index (κ2) is 17.8. The Morgan fingerprint density at radius 2 is 1.22 bits per heavy atom. The molecule has 0 aliphatic carbocycles. The quantitative estimate of drug-likeness (QED) is 0.155. The molecule has 0 amide bonds. The van der Waals surface area contributed by atoms with Gasteiger partial charge in [0.05, 0.1) is 22.5 Å². The Morgan fingerprint density at radius 1 is 0.562 bits per heavy atom. The first kappa shape index (κ1) is 37.7. The fourth-order valence-corrected chi connectivity index (χ4v) is 10.4. The first-order valence-electron chi connectivity index (χ1n) is 22.3. The maximum atomic E-state index is 7.23. The fourth-order valence-electron chi connectivity index (χ4n) is 8.45. The monoisotopic (exact) mass is 1040 g/mol. The van der Waals surface area contributed by atoms with E-state index in [-0.39, 0.29) is 25.7 Å². The molecule has 309 valence electrons. The van der Waals surface area contributed by atoms with Gasteiger partial charge in [0, 0.05) is 61.7 Å². The van der Waals surface area contributed by atoms with Crippen molar-refractivity contribution in [2.75, 3.05) is 0 Å². The number of pyridine rings is 1. The average molecular weight is 1040 g/mol. The third kappa shape index (κ3) is 7.80. The predicted molar refractivity (Wildman–Crippen MR) is 268 cm³/mol. The third-order valence-corrected chi connectivity index (χ3v) is 13.4. The van der Waals surface area contributed by atoms with Crippen LogP contribution in [-0.2, 0) is 20.1 Å². The Labute approximate surface area is 398 Å². The number of aromatic nitrogens is 3. The first-order valence-corrected chi connectivity index (χ1v) is 22.4. The van der Waals surface area contributed by atoms with Gasteiger partial charge in [-0.25, -0.2) is 0 Å². The Kier molecular flexibility index (Phi) is 10.5. The normalized spacial score (nSPS) is 12.0. The molecule has 12 aromatic rings. The number of benzene rings is 8. The van der Waals surface area contributed by atoms with E-state index in [1.165, 1.54) is 70.0 Å². The topological polar surface area (TPSA) is 30.7 Å². The second-order valence-corrected chi connectivity index (χ2v) is 17.4. The molecule has 0 N–H and O–H groups in total. The Hall–Kier alpha value is -6.79. The zero-order valence-corrected chi connectivity index (χ0v) is 38.6. The molecule has 0 aliphatic rings. The molecule has 64 heavy (non-hydrogen) atoms. The maximum absolute atomic E-state index is 7.23. The van der Waals surface area contributed by atoms with Crippen LogP contribution in [0.2, 0.25) is 0 Å². The van der Waals surface area contributed by atoms with Crippen molar-refractivity contribution in [3.8, 4) is 61.7 Å².